The molecule has 37 heavy (non-hydrogen) atoms. The number of carbonyl (C=O) groups excluding carboxylic acids is 1. The third-order valence-corrected chi connectivity index (χ3v) is 7.11. The van der Waals surface area contributed by atoms with Gasteiger partial charge in [0.1, 0.15) is 5.82 Å². The maximum Gasteiger partial charge on any atom is 0.416 e. The van der Waals surface area contributed by atoms with Crippen molar-refractivity contribution in [3.05, 3.63) is 47.7 Å². The van der Waals surface area contributed by atoms with Crippen LogP contribution in [-0.4, -0.2) is 67.6 Å². The normalized spacial score (nSPS) is 18.0. The molecule has 0 spiro atoms. The summed E-state index contributed by atoms with van der Waals surface area (Å²) in [4.78, 5) is 21.7. The summed E-state index contributed by atoms with van der Waals surface area (Å²) in [6.45, 7) is 3.81. The van der Waals surface area contributed by atoms with E-state index in [4.69, 9.17) is 10.4 Å². The van der Waals surface area contributed by atoms with E-state index in [-0.39, 0.29) is 23.6 Å². The van der Waals surface area contributed by atoms with Gasteiger partial charge in [0.2, 0.25) is 5.91 Å². The number of rotatable bonds is 8. The largest absolute Gasteiger partial charge is 0.422 e. The van der Waals surface area contributed by atoms with E-state index in [1.54, 1.807) is 13.3 Å². The van der Waals surface area contributed by atoms with Crippen LogP contribution in [0.4, 0.5) is 30.4 Å². The number of halogens is 3. The van der Waals surface area contributed by atoms with Crippen molar-refractivity contribution in [1.29, 1.82) is 0 Å². The van der Waals surface area contributed by atoms with Crippen LogP contribution in [0.25, 0.3) is 0 Å². The second-order valence-corrected chi connectivity index (χ2v) is 9.75. The molecule has 3 heterocycles. The SMILES string of the molecule is COBNc1cc(CN2CCC(C(=O)N3CCC(Nc4ccc(C(F)(F)F)cc4N)CC3)CC2)ccn1. The summed E-state index contributed by atoms with van der Waals surface area (Å²) in [5, 5.41) is 6.36. The summed E-state index contributed by atoms with van der Waals surface area (Å²) in [7, 11) is 2.03. The number of carbonyl (C=O) groups is 1. The van der Waals surface area contributed by atoms with E-state index >= 15 is 0 Å². The molecule has 1 amide bonds. The Morgan fingerprint density at radius 1 is 1.14 bits per heavy atom. The zero-order chi connectivity index (χ0) is 26.4. The fraction of sp³-hybridized carbons (Fsp3) is 0.520. The summed E-state index contributed by atoms with van der Waals surface area (Å²) < 4.78 is 43.7. The molecule has 200 valence electrons. The van der Waals surface area contributed by atoms with Crippen LogP contribution in [0.1, 0.15) is 36.8 Å². The van der Waals surface area contributed by atoms with Crippen LogP contribution in [0.3, 0.4) is 0 Å². The second kappa shape index (κ2) is 12.0. The van der Waals surface area contributed by atoms with Gasteiger partial charge in [-0.05, 0) is 74.7 Å². The summed E-state index contributed by atoms with van der Waals surface area (Å²) in [5.74, 6) is 1.02. The number of nitrogen functional groups attached to an aromatic ring is 1. The van der Waals surface area contributed by atoms with E-state index in [0.29, 0.717) is 26.4 Å². The average Bonchev–Trinajstić information content (AvgIpc) is 2.89. The summed E-state index contributed by atoms with van der Waals surface area (Å²) in [6, 6.07) is 7.47. The lowest BCUT2D eigenvalue weighted by Gasteiger charge is -2.37. The van der Waals surface area contributed by atoms with Crippen molar-refractivity contribution in [1.82, 2.24) is 14.8 Å². The van der Waals surface area contributed by atoms with Gasteiger partial charge in [-0.3, -0.25) is 9.69 Å². The average molecular weight is 518 g/mol. The Kier molecular flexibility index (Phi) is 8.81. The zero-order valence-electron chi connectivity index (χ0n) is 21.1. The molecule has 2 aliphatic rings. The van der Waals surface area contributed by atoms with Gasteiger partial charge < -0.3 is 25.8 Å². The molecule has 0 atom stereocenters. The molecule has 2 aromatic rings. The molecular weight excluding hydrogens is 484 g/mol. The van der Waals surface area contributed by atoms with Crippen molar-refractivity contribution in [3.8, 4) is 0 Å². The van der Waals surface area contributed by atoms with Crippen LogP contribution in [0, 0.1) is 5.92 Å². The number of hydrogen-bond donors (Lipinski definition) is 3. The second-order valence-electron chi connectivity index (χ2n) is 9.75. The first-order valence-corrected chi connectivity index (χ1v) is 12.6. The predicted octanol–water partition coefficient (Wildman–Crippen LogP) is 3.32. The van der Waals surface area contributed by atoms with E-state index in [0.717, 1.165) is 63.3 Å². The molecule has 0 aliphatic carbocycles. The molecule has 4 rings (SSSR count). The predicted molar refractivity (Wildman–Crippen MR) is 139 cm³/mol. The molecule has 12 heteroatoms. The van der Waals surface area contributed by atoms with Gasteiger partial charge in [0.15, 0.2) is 0 Å². The first kappa shape index (κ1) is 27.1. The van der Waals surface area contributed by atoms with E-state index < -0.39 is 11.7 Å². The lowest BCUT2D eigenvalue weighted by Crippen LogP contribution is -2.47. The molecule has 2 fully saturated rings. The van der Waals surface area contributed by atoms with Crippen LogP contribution < -0.4 is 16.3 Å². The molecule has 8 nitrogen and oxygen atoms in total. The van der Waals surface area contributed by atoms with Crippen LogP contribution in [0.2, 0.25) is 0 Å². The molecule has 0 radical (unpaired) electrons. The number of amides is 1. The molecule has 4 N–H and O–H groups in total. The number of nitrogens with zero attached hydrogens (tertiary/aromatic N) is 3. The molecule has 2 aliphatic heterocycles. The van der Waals surface area contributed by atoms with E-state index in [1.165, 1.54) is 11.6 Å². The van der Waals surface area contributed by atoms with Crippen LogP contribution in [-0.2, 0) is 22.2 Å². The highest BCUT2D eigenvalue weighted by molar-refractivity contribution is 6.32. The Labute approximate surface area is 216 Å². The number of piperidine rings is 2. The van der Waals surface area contributed by atoms with Crippen molar-refractivity contribution < 1.29 is 22.6 Å². The fourth-order valence-corrected chi connectivity index (χ4v) is 5.00. The highest BCUT2D eigenvalue weighted by Gasteiger charge is 2.32. The van der Waals surface area contributed by atoms with Crippen molar-refractivity contribution in [3.63, 3.8) is 0 Å². The topological polar surface area (TPSA) is 95.8 Å². The minimum absolute atomic E-state index is 0.0303. The number of nitrogens with two attached hydrogens (primary N) is 1. The minimum atomic E-state index is -4.42. The molecule has 2 saturated heterocycles. The Morgan fingerprint density at radius 2 is 1.86 bits per heavy atom. The number of benzene rings is 1. The van der Waals surface area contributed by atoms with Crippen LogP contribution >= 0.6 is 0 Å². The van der Waals surface area contributed by atoms with Crippen molar-refractivity contribution in [2.45, 2.75) is 44.4 Å². The third kappa shape index (κ3) is 7.29. The summed E-state index contributed by atoms with van der Waals surface area (Å²) in [6.07, 6.45) is 0.490. The molecule has 0 saturated carbocycles. The van der Waals surface area contributed by atoms with Gasteiger partial charge in [0.05, 0.1) is 16.9 Å². The number of nitrogens with one attached hydrogen (secondary N) is 2. The van der Waals surface area contributed by atoms with Gasteiger partial charge in [0, 0.05) is 44.9 Å². The first-order valence-electron chi connectivity index (χ1n) is 12.6. The van der Waals surface area contributed by atoms with Gasteiger partial charge >= 0.3 is 13.8 Å². The monoisotopic (exact) mass is 518 g/mol. The van der Waals surface area contributed by atoms with Crippen molar-refractivity contribution in [2.24, 2.45) is 5.92 Å². The van der Waals surface area contributed by atoms with Crippen molar-refractivity contribution >= 4 is 30.7 Å². The smallest absolute Gasteiger partial charge is 0.416 e. The molecule has 1 aromatic heterocycles. The van der Waals surface area contributed by atoms with Gasteiger partial charge in [0.25, 0.3) is 0 Å². The first-order chi connectivity index (χ1) is 17.7. The van der Waals surface area contributed by atoms with E-state index in [1.807, 2.05) is 17.0 Å². The Balaban J connectivity index is 1.21. The molecule has 1 aromatic carbocycles. The van der Waals surface area contributed by atoms with Gasteiger partial charge in [-0.1, -0.05) is 0 Å². The Hall–Kier alpha value is -2.99. The number of pyridine rings is 1. The summed E-state index contributed by atoms with van der Waals surface area (Å²) >= 11 is 0. The quantitative estimate of drug-likeness (QED) is 0.365. The highest BCUT2D eigenvalue weighted by Crippen LogP contribution is 2.33. The number of likely N-dealkylation sites (tertiary alicyclic amines) is 2. The zero-order valence-corrected chi connectivity index (χ0v) is 21.1. The number of anilines is 3. The molecule has 0 bridgehead atoms. The standard InChI is InChI=1S/C25H34BF3N6O2/c1-37-26-33-23-14-17(4-9-31-23)16-34-10-5-18(6-11-34)24(36)35-12-7-20(8-13-35)32-22-3-2-19(15-21(22)30)25(27,28)29/h2-4,9,14-15,18,20,26,32H,5-8,10-13,16,30H2,1H3,(H,31,33). The van der Waals surface area contributed by atoms with Crippen LogP contribution in [0.15, 0.2) is 36.5 Å². The summed E-state index contributed by atoms with van der Waals surface area (Å²) in [5.41, 5.74) is 6.84. The Morgan fingerprint density at radius 3 is 2.51 bits per heavy atom. The van der Waals surface area contributed by atoms with Gasteiger partial charge in [-0.25, -0.2) is 4.98 Å². The lowest BCUT2D eigenvalue weighted by atomic mass is 9.93. The maximum atomic E-state index is 13.1. The minimum Gasteiger partial charge on any atom is -0.422 e. The van der Waals surface area contributed by atoms with Crippen LogP contribution in [0.5, 0.6) is 0 Å². The van der Waals surface area contributed by atoms with Gasteiger partial charge in [-0.2, -0.15) is 13.2 Å². The third-order valence-electron chi connectivity index (χ3n) is 7.11. The number of hydrogen-bond acceptors (Lipinski definition) is 7. The molecule has 0 unspecified atom stereocenters. The lowest BCUT2D eigenvalue weighted by molar-refractivity contribution is -0.138. The Bertz CT molecular complexity index is 1060. The van der Waals surface area contributed by atoms with Crippen molar-refractivity contribution in [2.75, 3.05) is 49.6 Å². The van der Waals surface area contributed by atoms with E-state index in [9.17, 15) is 18.0 Å². The highest BCUT2D eigenvalue weighted by atomic mass is 19.4. The maximum absolute atomic E-state index is 13.1. The van der Waals surface area contributed by atoms with Gasteiger partial charge in [-0.15, -0.1) is 0 Å². The molecular formula is C25H34BF3N6O2. The number of aromatic nitrogens is 1. The fourth-order valence-electron chi connectivity index (χ4n) is 5.00. The number of alkyl halides is 3. The van der Waals surface area contributed by atoms with E-state index in [2.05, 4.69) is 20.4 Å².